The molecule has 94 valence electrons. The summed E-state index contributed by atoms with van der Waals surface area (Å²) in [7, 11) is 0. The number of nitrogens with one attached hydrogen (secondary N) is 1. The lowest BCUT2D eigenvalue weighted by molar-refractivity contribution is 0.667. The van der Waals surface area contributed by atoms with Crippen LogP contribution in [0.2, 0.25) is 0 Å². The van der Waals surface area contributed by atoms with Crippen LogP contribution in [0.5, 0.6) is 0 Å². The van der Waals surface area contributed by atoms with E-state index in [-0.39, 0.29) is 16.9 Å². The van der Waals surface area contributed by atoms with Crippen molar-refractivity contribution in [3.8, 4) is 0 Å². The van der Waals surface area contributed by atoms with Crippen LogP contribution >= 0.6 is 0 Å². The van der Waals surface area contributed by atoms with Crippen LogP contribution < -0.4 is 5.56 Å². The Morgan fingerprint density at radius 3 is 2.42 bits per heavy atom. The minimum atomic E-state index is -0.322. The summed E-state index contributed by atoms with van der Waals surface area (Å²) in [6.45, 7) is 1.73. The number of furan rings is 1. The third-order valence-corrected chi connectivity index (χ3v) is 2.89. The highest BCUT2D eigenvalue weighted by atomic mass is 16.3. The SMILES string of the molecule is Cc1cc2oc3cc(N=O)c(N=O)cc3c2c(=O)[nH]1. The number of nitroso groups, excluding NO2 is 2. The third kappa shape index (κ3) is 1.55. The highest BCUT2D eigenvalue weighted by Gasteiger charge is 2.15. The van der Waals surface area contributed by atoms with E-state index >= 15 is 0 Å². The van der Waals surface area contributed by atoms with Gasteiger partial charge in [0.2, 0.25) is 0 Å². The minimum absolute atomic E-state index is 0.116. The topological polar surface area (TPSA) is 105 Å². The second-order valence-electron chi connectivity index (χ2n) is 4.14. The molecule has 0 unspecified atom stereocenters. The quantitative estimate of drug-likeness (QED) is 0.710. The van der Waals surface area contributed by atoms with Gasteiger partial charge in [-0.05, 0) is 23.3 Å². The Morgan fingerprint density at radius 2 is 1.74 bits per heavy atom. The van der Waals surface area contributed by atoms with Gasteiger partial charge in [0.05, 0.1) is 5.39 Å². The Morgan fingerprint density at radius 1 is 1.05 bits per heavy atom. The van der Waals surface area contributed by atoms with Gasteiger partial charge in [-0.2, -0.15) is 0 Å². The van der Waals surface area contributed by atoms with Gasteiger partial charge in [-0.25, -0.2) is 0 Å². The van der Waals surface area contributed by atoms with E-state index in [1.54, 1.807) is 13.0 Å². The number of benzene rings is 1. The van der Waals surface area contributed by atoms with E-state index in [1.807, 2.05) is 0 Å². The Labute approximate surface area is 105 Å². The largest absolute Gasteiger partial charge is 0.456 e. The molecule has 1 aromatic carbocycles. The van der Waals surface area contributed by atoms with Crippen LogP contribution in [0, 0.1) is 16.7 Å². The van der Waals surface area contributed by atoms with E-state index in [2.05, 4.69) is 15.3 Å². The molecule has 1 N–H and O–H groups in total. The number of rotatable bonds is 2. The first-order chi connectivity index (χ1) is 9.13. The molecule has 0 aliphatic heterocycles. The zero-order valence-corrected chi connectivity index (χ0v) is 9.76. The molecular weight excluding hydrogens is 250 g/mol. The molecule has 0 saturated heterocycles. The van der Waals surface area contributed by atoms with Crippen LogP contribution in [0.15, 0.2) is 37.8 Å². The molecule has 7 nitrogen and oxygen atoms in total. The summed E-state index contributed by atoms with van der Waals surface area (Å²) in [6.07, 6.45) is 0. The first-order valence-corrected chi connectivity index (χ1v) is 5.41. The number of nitrogens with zero attached hydrogens (tertiary/aromatic N) is 2. The molecule has 2 aromatic heterocycles. The van der Waals surface area contributed by atoms with Crippen molar-refractivity contribution >= 4 is 33.3 Å². The van der Waals surface area contributed by atoms with Gasteiger partial charge < -0.3 is 9.40 Å². The Kier molecular flexibility index (Phi) is 2.28. The molecule has 0 bridgehead atoms. The molecular formula is C12H7N3O4. The lowest BCUT2D eigenvalue weighted by Crippen LogP contribution is -2.05. The highest BCUT2D eigenvalue weighted by Crippen LogP contribution is 2.36. The Balaban J connectivity index is 2.55. The van der Waals surface area contributed by atoms with E-state index in [1.165, 1.54) is 12.1 Å². The summed E-state index contributed by atoms with van der Waals surface area (Å²) in [5.74, 6) is 0. The van der Waals surface area contributed by atoms with Crippen LogP contribution in [-0.4, -0.2) is 4.98 Å². The molecule has 0 fully saturated rings. The number of fused-ring (bicyclic) bond motifs is 3. The number of hydrogen-bond acceptors (Lipinski definition) is 6. The first-order valence-electron chi connectivity index (χ1n) is 5.41. The van der Waals surface area contributed by atoms with Crippen molar-refractivity contribution in [1.82, 2.24) is 4.98 Å². The van der Waals surface area contributed by atoms with Crippen LogP contribution in [0.3, 0.4) is 0 Å². The van der Waals surface area contributed by atoms with Gasteiger partial charge in [0.25, 0.3) is 5.56 Å². The lowest BCUT2D eigenvalue weighted by Gasteiger charge is -1.94. The molecule has 0 aliphatic carbocycles. The Bertz CT molecular complexity index is 891. The number of hydrogen-bond donors (Lipinski definition) is 1. The van der Waals surface area contributed by atoms with Gasteiger partial charge in [0, 0.05) is 23.2 Å². The fourth-order valence-corrected chi connectivity index (χ4v) is 2.10. The minimum Gasteiger partial charge on any atom is -0.456 e. The molecule has 3 aromatic rings. The van der Waals surface area contributed by atoms with Gasteiger partial charge in [-0.3, -0.25) is 4.79 Å². The number of aromatic amines is 1. The first kappa shape index (κ1) is 11.3. The van der Waals surface area contributed by atoms with Gasteiger partial charge in [0.15, 0.2) is 0 Å². The van der Waals surface area contributed by atoms with Crippen molar-refractivity contribution < 1.29 is 4.42 Å². The summed E-state index contributed by atoms with van der Waals surface area (Å²) in [4.78, 5) is 35.8. The highest BCUT2D eigenvalue weighted by molar-refractivity contribution is 6.06. The van der Waals surface area contributed by atoms with Crippen molar-refractivity contribution in [2.45, 2.75) is 6.92 Å². The maximum absolute atomic E-state index is 11.9. The van der Waals surface area contributed by atoms with E-state index in [0.717, 1.165) is 0 Å². The molecule has 2 heterocycles. The number of aromatic nitrogens is 1. The fraction of sp³-hybridized carbons (Fsp3) is 0.0833. The van der Waals surface area contributed by atoms with E-state index in [0.29, 0.717) is 27.6 Å². The molecule has 7 heteroatoms. The van der Waals surface area contributed by atoms with Crippen LogP contribution in [0.4, 0.5) is 11.4 Å². The molecule has 0 aliphatic rings. The predicted octanol–water partition coefficient (Wildman–Crippen LogP) is 3.38. The molecule has 0 spiro atoms. The number of H-pyrrole nitrogens is 1. The van der Waals surface area contributed by atoms with Crippen molar-refractivity contribution in [2.24, 2.45) is 10.4 Å². The average Bonchev–Trinajstić information content (AvgIpc) is 2.73. The van der Waals surface area contributed by atoms with Gasteiger partial charge >= 0.3 is 0 Å². The van der Waals surface area contributed by atoms with Crippen LogP contribution in [0.1, 0.15) is 5.69 Å². The predicted molar refractivity (Wildman–Crippen MR) is 70.0 cm³/mol. The lowest BCUT2D eigenvalue weighted by atomic mass is 10.1. The monoisotopic (exact) mass is 257 g/mol. The third-order valence-electron chi connectivity index (χ3n) is 2.89. The van der Waals surface area contributed by atoms with E-state index in [9.17, 15) is 14.6 Å². The molecule has 3 rings (SSSR count). The smallest absolute Gasteiger partial charge is 0.259 e. The van der Waals surface area contributed by atoms with E-state index < -0.39 is 0 Å². The van der Waals surface area contributed by atoms with Crippen LogP contribution in [-0.2, 0) is 0 Å². The normalized spacial score (nSPS) is 11.0. The zero-order valence-electron chi connectivity index (χ0n) is 9.76. The van der Waals surface area contributed by atoms with Crippen molar-refractivity contribution in [1.29, 1.82) is 0 Å². The van der Waals surface area contributed by atoms with Crippen LogP contribution in [0.25, 0.3) is 21.9 Å². The van der Waals surface area contributed by atoms with Crippen molar-refractivity contribution in [3.05, 3.63) is 44.1 Å². The summed E-state index contributed by atoms with van der Waals surface area (Å²) in [5.41, 5.74) is 0.792. The van der Waals surface area contributed by atoms with Crippen molar-refractivity contribution in [3.63, 3.8) is 0 Å². The standard InChI is InChI=1S/C12H7N3O4/c1-5-2-10-11(12(16)13-5)6-3-7(14-17)8(15-18)4-9(6)19-10/h2-4H,1H3,(H,13,16). The second kappa shape index (κ2) is 3.84. The summed E-state index contributed by atoms with van der Waals surface area (Å²) in [6, 6.07) is 4.29. The summed E-state index contributed by atoms with van der Waals surface area (Å²) >= 11 is 0. The number of pyridine rings is 1. The maximum Gasteiger partial charge on any atom is 0.259 e. The van der Waals surface area contributed by atoms with E-state index in [4.69, 9.17) is 4.42 Å². The zero-order chi connectivity index (χ0) is 13.6. The molecule has 19 heavy (non-hydrogen) atoms. The number of aryl methyl sites for hydroxylation is 1. The molecule has 0 saturated carbocycles. The molecule has 0 amide bonds. The summed E-state index contributed by atoms with van der Waals surface area (Å²) in [5, 5.41) is 6.19. The maximum atomic E-state index is 11.9. The average molecular weight is 257 g/mol. The van der Waals surface area contributed by atoms with Gasteiger partial charge in [-0.15, -0.1) is 9.81 Å². The fourth-order valence-electron chi connectivity index (χ4n) is 2.10. The van der Waals surface area contributed by atoms with Gasteiger partial charge in [-0.1, -0.05) is 0 Å². The summed E-state index contributed by atoms with van der Waals surface area (Å²) < 4.78 is 5.49. The Hall–Kier alpha value is -2.83. The molecule has 0 radical (unpaired) electrons. The second-order valence-corrected chi connectivity index (χ2v) is 4.14. The van der Waals surface area contributed by atoms with Crippen molar-refractivity contribution in [2.75, 3.05) is 0 Å². The molecule has 0 atom stereocenters. The van der Waals surface area contributed by atoms with Gasteiger partial charge in [0.1, 0.15) is 22.5 Å².